The average molecular weight is 434 g/mol. The Morgan fingerprint density at radius 3 is 2.29 bits per heavy atom. The van der Waals surface area contributed by atoms with Crippen molar-refractivity contribution < 1.29 is 17.9 Å². The number of carbonyl (C=O) groups is 1. The quantitative estimate of drug-likeness (QED) is 0.616. The smallest absolute Gasteiger partial charge is 0.227 e. The molecule has 0 radical (unpaired) electrons. The number of carbonyl (C=O) groups excluding carboxylic acids is 1. The molecule has 0 aromatic heterocycles. The van der Waals surface area contributed by atoms with Gasteiger partial charge in [0.25, 0.3) is 0 Å². The summed E-state index contributed by atoms with van der Waals surface area (Å²) in [5.74, 6) is -0.163. The first-order chi connectivity index (χ1) is 12.9. The lowest BCUT2D eigenvalue weighted by molar-refractivity contribution is -0.131. The van der Waals surface area contributed by atoms with Gasteiger partial charge in [-0.3, -0.25) is 4.79 Å². The Morgan fingerprint density at radius 2 is 1.75 bits per heavy atom. The van der Waals surface area contributed by atoms with Crippen molar-refractivity contribution in [3.05, 3.63) is 35.4 Å². The molecular formula is C19H32ClN3O4S. The van der Waals surface area contributed by atoms with Crippen LogP contribution >= 0.6 is 12.4 Å². The molecule has 0 spiro atoms. The van der Waals surface area contributed by atoms with Crippen molar-refractivity contribution in [2.24, 2.45) is 11.1 Å². The first kappa shape index (κ1) is 24.8. The Labute approximate surface area is 174 Å². The highest BCUT2D eigenvalue weighted by molar-refractivity contribution is 7.88. The van der Waals surface area contributed by atoms with Crippen molar-refractivity contribution in [3.8, 4) is 0 Å². The number of sulfonamides is 1. The molecule has 0 saturated carbocycles. The van der Waals surface area contributed by atoms with Gasteiger partial charge in [-0.2, -0.15) is 4.31 Å². The fraction of sp³-hybridized carbons (Fsp3) is 0.632. The maximum atomic E-state index is 12.7. The van der Waals surface area contributed by atoms with Gasteiger partial charge in [0.2, 0.25) is 15.9 Å². The molecule has 160 valence electrons. The van der Waals surface area contributed by atoms with Crippen LogP contribution in [-0.4, -0.2) is 51.5 Å². The normalized spacial score (nSPS) is 15.7. The van der Waals surface area contributed by atoms with Crippen molar-refractivity contribution in [1.82, 2.24) is 9.62 Å². The third-order valence-corrected chi connectivity index (χ3v) is 7.31. The van der Waals surface area contributed by atoms with Crippen LogP contribution in [0.25, 0.3) is 0 Å². The molecule has 0 unspecified atom stereocenters. The summed E-state index contributed by atoms with van der Waals surface area (Å²) in [6.07, 6.45) is 1.33. The molecule has 0 aliphatic carbocycles. The number of morpholine rings is 1. The second-order valence-corrected chi connectivity index (χ2v) is 8.88. The van der Waals surface area contributed by atoms with Gasteiger partial charge in [-0.05, 0) is 24.0 Å². The van der Waals surface area contributed by atoms with Crippen LogP contribution in [0.2, 0.25) is 0 Å². The van der Waals surface area contributed by atoms with Gasteiger partial charge in [0.15, 0.2) is 0 Å². The second kappa shape index (κ2) is 11.1. The highest BCUT2D eigenvalue weighted by Gasteiger charge is 2.33. The number of benzene rings is 1. The van der Waals surface area contributed by atoms with Crippen LogP contribution in [0, 0.1) is 5.41 Å². The molecule has 28 heavy (non-hydrogen) atoms. The minimum Gasteiger partial charge on any atom is -0.379 e. The minimum absolute atomic E-state index is 0. The van der Waals surface area contributed by atoms with Gasteiger partial charge >= 0.3 is 0 Å². The van der Waals surface area contributed by atoms with Crippen molar-refractivity contribution >= 4 is 28.3 Å². The summed E-state index contributed by atoms with van der Waals surface area (Å²) in [6.45, 7) is 6.10. The van der Waals surface area contributed by atoms with Gasteiger partial charge in [-0.1, -0.05) is 38.1 Å². The van der Waals surface area contributed by atoms with E-state index in [1.165, 1.54) is 4.31 Å². The largest absolute Gasteiger partial charge is 0.379 e. The van der Waals surface area contributed by atoms with Crippen LogP contribution in [0.1, 0.15) is 37.8 Å². The Balaban J connectivity index is 0.00000392. The fourth-order valence-electron chi connectivity index (χ4n) is 3.30. The van der Waals surface area contributed by atoms with Crippen molar-refractivity contribution in [1.29, 1.82) is 0 Å². The van der Waals surface area contributed by atoms with Gasteiger partial charge in [-0.25, -0.2) is 8.42 Å². The third-order valence-electron chi connectivity index (χ3n) is 5.49. The fourth-order valence-corrected chi connectivity index (χ4v) is 4.86. The highest BCUT2D eigenvalue weighted by atomic mass is 35.5. The molecule has 1 aliphatic heterocycles. The summed E-state index contributed by atoms with van der Waals surface area (Å²) >= 11 is 0. The molecule has 0 bridgehead atoms. The number of nitrogens with one attached hydrogen (secondary N) is 1. The summed E-state index contributed by atoms with van der Waals surface area (Å²) in [5, 5.41) is 2.95. The molecule has 7 nitrogen and oxygen atoms in total. The topological polar surface area (TPSA) is 102 Å². The lowest BCUT2D eigenvalue weighted by atomic mass is 9.81. The van der Waals surface area contributed by atoms with Gasteiger partial charge in [-0.15, -0.1) is 12.4 Å². The van der Waals surface area contributed by atoms with E-state index in [0.29, 0.717) is 51.3 Å². The predicted octanol–water partition coefficient (Wildman–Crippen LogP) is 1.65. The molecule has 0 atom stereocenters. The molecule has 1 amide bonds. The van der Waals surface area contributed by atoms with Gasteiger partial charge in [0, 0.05) is 26.2 Å². The zero-order valence-electron chi connectivity index (χ0n) is 16.6. The number of halogens is 1. The molecule has 1 saturated heterocycles. The van der Waals surface area contributed by atoms with Crippen LogP contribution in [0.15, 0.2) is 24.3 Å². The number of rotatable bonds is 9. The van der Waals surface area contributed by atoms with Crippen LogP contribution in [-0.2, 0) is 31.9 Å². The molecule has 1 heterocycles. The van der Waals surface area contributed by atoms with E-state index in [0.717, 1.165) is 5.56 Å². The zero-order valence-corrected chi connectivity index (χ0v) is 18.3. The number of amides is 1. The van der Waals surface area contributed by atoms with Crippen LogP contribution in [0.5, 0.6) is 0 Å². The van der Waals surface area contributed by atoms with E-state index < -0.39 is 15.4 Å². The van der Waals surface area contributed by atoms with Gasteiger partial charge in [0.1, 0.15) is 0 Å². The van der Waals surface area contributed by atoms with Crippen LogP contribution in [0.3, 0.4) is 0 Å². The first-order valence-electron chi connectivity index (χ1n) is 9.49. The van der Waals surface area contributed by atoms with E-state index in [4.69, 9.17) is 10.5 Å². The van der Waals surface area contributed by atoms with E-state index in [-0.39, 0.29) is 30.6 Å². The lowest BCUT2D eigenvalue weighted by Gasteiger charge is -2.29. The average Bonchev–Trinajstić information content (AvgIpc) is 2.69. The Kier molecular flexibility index (Phi) is 9.86. The molecule has 1 aliphatic rings. The molecule has 3 N–H and O–H groups in total. The second-order valence-electron chi connectivity index (χ2n) is 6.91. The van der Waals surface area contributed by atoms with Crippen molar-refractivity contribution in [2.75, 3.05) is 32.8 Å². The SMILES string of the molecule is CCC(CC)(CN)C(=O)NCc1ccccc1CS(=O)(=O)N1CCOCC1.Cl. The minimum atomic E-state index is -3.42. The van der Waals surface area contributed by atoms with Crippen molar-refractivity contribution in [2.45, 2.75) is 39.0 Å². The summed E-state index contributed by atoms with van der Waals surface area (Å²) in [6, 6.07) is 7.32. The maximum absolute atomic E-state index is 12.7. The maximum Gasteiger partial charge on any atom is 0.227 e. The number of hydrogen-bond donors (Lipinski definition) is 2. The zero-order chi connectivity index (χ0) is 19.9. The molecular weight excluding hydrogens is 402 g/mol. The molecule has 1 aromatic rings. The number of nitrogens with zero attached hydrogens (tertiary/aromatic N) is 1. The van der Waals surface area contributed by atoms with E-state index in [2.05, 4.69) is 5.32 Å². The summed E-state index contributed by atoms with van der Waals surface area (Å²) in [7, 11) is -3.42. The molecule has 1 fully saturated rings. The number of nitrogens with two attached hydrogens (primary N) is 1. The van der Waals surface area contributed by atoms with Gasteiger partial charge in [0.05, 0.1) is 24.4 Å². The summed E-state index contributed by atoms with van der Waals surface area (Å²) < 4.78 is 32.1. The first-order valence-corrected chi connectivity index (χ1v) is 11.1. The van der Waals surface area contributed by atoms with E-state index >= 15 is 0 Å². The van der Waals surface area contributed by atoms with Gasteiger partial charge < -0.3 is 15.8 Å². The van der Waals surface area contributed by atoms with Crippen molar-refractivity contribution in [3.63, 3.8) is 0 Å². The standard InChI is InChI=1S/C19H31N3O4S.ClH/c1-3-19(4-2,15-20)18(23)21-13-16-7-5-6-8-17(16)14-27(24,25)22-9-11-26-12-10-22;/h5-8H,3-4,9-15,20H2,1-2H3,(H,21,23);1H. The Morgan fingerprint density at radius 1 is 1.18 bits per heavy atom. The van der Waals surface area contributed by atoms with Crippen LogP contribution < -0.4 is 11.1 Å². The van der Waals surface area contributed by atoms with E-state index in [9.17, 15) is 13.2 Å². The summed E-state index contributed by atoms with van der Waals surface area (Å²) in [5.41, 5.74) is 6.77. The lowest BCUT2D eigenvalue weighted by Crippen LogP contribution is -2.45. The monoisotopic (exact) mass is 433 g/mol. The van der Waals surface area contributed by atoms with E-state index in [1.807, 2.05) is 32.0 Å². The number of ether oxygens (including phenoxy) is 1. The predicted molar refractivity (Wildman–Crippen MR) is 113 cm³/mol. The Hall–Kier alpha value is -1.19. The molecule has 1 aromatic carbocycles. The third kappa shape index (κ3) is 5.90. The van der Waals surface area contributed by atoms with Crippen LogP contribution in [0.4, 0.5) is 0 Å². The van der Waals surface area contributed by atoms with E-state index in [1.54, 1.807) is 6.07 Å². The summed E-state index contributed by atoms with van der Waals surface area (Å²) in [4.78, 5) is 12.6. The highest BCUT2D eigenvalue weighted by Crippen LogP contribution is 2.25. The number of hydrogen-bond acceptors (Lipinski definition) is 5. The Bertz CT molecular complexity index is 724. The molecule has 9 heteroatoms. The molecule has 2 rings (SSSR count).